The number of pyridine rings is 1. The van der Waals surface area contributed by atoms with Gasteiger partial charge in [-0.05, 0) is 43.0 Å². The highest BCUT2D eigenvalue weighted by Gasteiger charge is 2.15. The second-order valence-corrected chi connectivity index (χ2v) is 4.88. The Morgan fingerprint density at radius 2 is 2.18 bits per heavy atom. The van der Waals surface area contributed by atoms with Gasteiger partial charge in [-0.3, -0.25) is 9.78 Å². The van der Waals surface area contributed by atoms with Crippen LogP contribution in [-0.4, -0.2) is 28.9 Å². The van der Waals surface area contributed by atoms with Crippen LogP contribution in [0.3, 0.4) is 0 Å². The van der Waals surface area contributed by atoms with Crippen LogP contribution < -0.4 is 11.1 Å². The van der Waals surface area contributed by atoms with Gasteiger partial charge in [-0.25, -0.2) is 0 Å². The lowest BCUT2D eigenvalue weighted by Gasteiger charge is -2.17. The maximum Gasteiger partial charge on any atom is 0.237 e. The summed E-state index contributed by atoms with van der Waals surface area (Å²) in [5.74, 6) is 0.807. The summed E-state index contributed by atoms with van der Waals surface area (Å²) >= 11 is 1.69. The fourth-order valence-electron chi connectivity index (χ4n) is 1.43. The van der Waals surface area contributed by atoms with E-state index in [0.29, 0.717) is 6.42 Å². The number of carbonyl (C=O) groups is 1. The molecular weight excluding hydrogens is 234 g/mol. The van der Waals surface area contributed by atoms with Crippen LogP contribution in [0.1, 0.15) is 24.9 Å². The van der Waals surface area contributed by atoms with Gasteiger partial charge < -0.3 is 11.1 Å². The van der Waals surface area contributed by atoms with Crippen molar-refractivity contribution in [2.45, 2.75) is 25.4 Å². The van der Waals surface area contributed by atoms with Gasteiger partial charge in [0, 0.05) is 12.4 Å². The van der Waals surface area contributed by atoms with Crippen molar-refractivity contribution in [3.05, 3.63) is 30.1 Å². The third-order valence-corrected chi connectivity index (χ3v) is 3.18. The first kappa shape index (κ1) is 14.0. The highest BCUT2D eigenvalue weighted by Crippen LogP contribution is 2.10. The summed E-state index contributed by atoms with van der Waals surface area (Å²) in [6.45, 7) is 1.94. The second kappa shape index (κ2) is 7.29. The molecule has 0 fully saturated rings. The molecule has 0 unspecified atom stereocenters. The van der Waals surface area contributed by atoms with Crippen LogP contribution in [0.25, 0.3) is 0 Å². The summed E-state index contributed by atoms with van der Waals surface area (Å²) in [6.07, 6.45) is 6.14. The fourth-order valence-corrected chi connectivity index (χ4v) is 1.92. The van der Waals surface area contributed by atoms with Crippen LogP contribution in [0.2, 0.25) is 0 Å². The van der Waals surface area contributed by atoms with Gasteiger partial charge in [0.15, 0.2) is 0 Å². The van der Waals surface area contributed by atoms with Crippen molar-refractivity contribution in [2.24, 2.45) is 5.73 Å². The molecular formula is C12H19N3OS. The molecule has 1 aromatic heterocycles. The summed E-state index contributed by atoms with van der Waals surface area (Å²) in [5.41, 5.74) is 6.82. The predicted molar refractivity (Wildman–Crippen MR) is 71.8 cm³/mol. The molecule has 3 N–H and O–H groups in total. The van der Waals surface area contributed by atoms with Crippen LogP contribution >= 0.6 is 11.8 Å². The van der Waals surface area contributed by atoms with Crippen molar-refractivity contribution >= 4 is 17.7 Å². The molecule has 1 rings (SSSR count). The first-order chi connectivity index (χ1) is 8.15. The van der Waals surface area contributed by atoms with E-state index in [1.54, 1.807) is 24.2 Å². The largest absolute Gasteiger partial charge is 0.348 e. The van der Waals surface area contributed by atoms with Gasteiger partial charge in [0.05, 0.1) is 12.1 Å². The van der Waals surface area contributed by atoms with E-state index in [-0.39, 0.29) is 11.9 Å². The molecule has 0 aliphatic heterocycles. The van der Waals surface area contributed by atoms with Gasteiger partial charge in [-0.15, -0.1) is 0 Å². The lowest BCUT2D eigenvalue weighted by Crippen LogP contribution is -2.41. The molecule has 0 radical (unpaired) electrons. The van der Waals surface area contributed by atoms with Gasteiger partial charge in [0.1, 0.15) is 0 Å². The number of amides is 1. The van der Waals surface area contributed by atoms with Crippen LogP contribution in [-0.2, 0) is 4.79 Å². The standard InChI is InChI=1S/C12H19N3OS/c1-9(10-3-6-14-7-4-10)15-12(16)11(13)5-8-17-2/h3-4,6-7,9,11H,5,8,13H2,1-2H3,(H,15,16)/t9-,11-/m1/s1. The van der Waals surface area contributed by atoms with Crippen molar-refractivity contribution in [3.8, 4) is 0 Å². The van der Waals surface area contributed by atoms with Gasteiger partial charge in [-0.2, -0.15) is 11.8 Å². The van der Waals surface area contributed by atoms with E-state index in [2.05, 4.69) is 10.3 Å². The Kier molecular flexibility index (Phi) is 6.00. The molecule has 0 spiro atoms. The number of hydrogen-bond acceptors (Lipinski definition) is 4. The number of aromatic nitrogens is 1. The topological polar surface area (TPSA) is 68.0 Å². The van der Waals surface area contributed by atoms with Crippen LogP contribution in [0.4, 0.5) is 0 Å². The number of carbonyl (C=O) groups excluding carboxylic acids is 1. The van der Waals surface area contributed by atoms with Gasteiger partial charge in [0.25, 0.3) is 0 Å². The molecule has 4 nitrogen and oxygen atoms in total. The van der Waals surface area contributed by atoms with E-state index < -0.39 is 6.04 Å². The Morgan fingerprint density at radius 3 is 2.76 bits per heavy atom. The van der Waals surface area contributed by atoms with Gasteiger partial charge in [0.2, 0.25) is 5.91 Å². The number of thioether (sulfide) groups is 1. The molecule has 0 saturated heterocycles. The number of nitrogens with two attached hydrogens (primary N) is 1. The highest BCUT2D eigenvalue weighted by atomic mass is 32.2. The molecule has 1 heterocycles. The lowest BCUT2D eigenvalue weighted by atomic mass is 10.1. The number of rotatable bonds is 6. The summed E-state index contributed by atoms with van der Waals surface area (Å²) in [5, 5.41) is 2.90. The molecule has 1 amide bonds. The lowest BCUT2D eigenvalue weighted by molar-refractivity contribution is -0.123. The minimum atomic E-state index is -0.424. The van der Waals surface area contributed by atoms with Crippen molar-refractivity contribution in [1.82, 2.24) is 10.3 Å². The van der Waals surface area contributed by atoms with E-state index in [4.69, 9.17) is 5.73 Å². The third kappa shape index (κ3) is 4.75. The minimum Gasteiger partial charge on any atom is -0.348 e. The summed E-state index contributed by atoms with van der Waals surface area (Å²) in [4.78, 5) is 15.7. The molecule has 0 aromatic carbocycles. The molecule has 0 saturated carbocycles. The van der Waals surface area contributed by atoms with E-state index >= 15 is 0 Å². The Bertz CT molecular complexity index is 345. The average molecular weight is 253 g/mol. The van der Waals surface area contributed by atoms with Crippen molar-refractivity contribution in [2.75, 3.05) is 12.0 Å². The molecule has 5 heteroatoms. The first-order valence-corrected chi connectivity index (χ1v) is 6.99. The molecule has 1 aromatic rings. The zero-order chi connectivity index (χ0) is 12.7. The zero-order valence-electron chi connectivity index (χ0n) is 10.2. The van der Waals surface area contributed by atoms with Crippen LogP contribution in [0.15, 0.2) is 24.5 Å². The number of nitrogens with zero attached hydrogens (tertiary/aromatic N) is 1. The second-order valence-electron chi connectivity index (χ2n) is 3.90. The van der Waals surface area contributed by atoms with Crippen molar-refractivity contribution in [3.63, 3.8) is 0 Å². The molecule has 2 atom stereocenters. The molecule has 94 valence electrons. The Morgan fingerprint density at radius 1 is 1.53 bits per heavy atom. The Balaban J connectivity index is 2.46. The Hall–Kier alpha value is -1.07. The first-order valence-electron chi connectivity index (χ1n) is 5.60. The van der Waals surface area contributed by atoms with Gasteiger partial charge >= 0.3 is 0 Å². The monoisotopic (exact) mass is 253 g/mol. The Labute approximate surface area is 106 Å². The molecule has 0 aliphatic carbocycles. The normalized spacial score (nSPS) is 14.1. The quantitative estimate of drug-likeness (QED) is 0.803. The van der Waals surface area contributed by atoms with E-state index in [1.807, 2.05) is 25.3 Å². The molecule has 0 bridgehead atoms. The maximum atomic E-state index is 11.8. The van der Waals surface area contributed by atoms with Gasteiger partial charge in [-0.1, -0.05) is 0 Å². The minimum absolute atomic E-state index is 0.0363. The molecule has 0 aliphatic rings. The highest BCUT2D eigenvalue weighted by molar-refractivity contribution is 7.98. The third-order valence-electron chi connectivity index (χ3n) is 2.53. The van der Waals surface area contributed by atoms with Crippen LogP contribution in [0.5, 0.6) is 0 Å². The van der Waals surface area contributed by atoms with Crippen LogP contribution in [0, 0.1) is 0 Å². The predicted octanol–water partition coefficient (Wildman–Crippen LogP) is 1.34. The van der Waals surface area contributed by atoms with Crippen molar-refractivity contribution < 1.29 is 4.79 Å². The maximum absolute atomic E-state index is 11.8. The SMILES string of the molecule is CSCC[C@@H](N)C(=O)N[C@H](C)c1ccncc1. The fraction of sp³-hybridized carbons (Fsp3) is 0.500. The van der Waals surface area contributed by atoms with E-state index in [0.717, 1.165) is 11.3 Å². The smallest absolute Gasteiger partial charge is 0.237 e. The summed E-state index contributed by atoms with van der Waals surface area (Å²) in [6, 6.07) is 3.31. The van der Waals surface area contributed by atoms with Crippen molar-refractivity contribution in [1.29, 1.82) is 0 Å². The number of nitrogens with one attached hydrogen (secondary N) is 1. The van der Waals surface area contributed by atoms with E-state index in [1.165, 1.54) is 0 Å². The summed E-state index contributed by atoms with van der Waals surface area (Å²) in [7, 11) is 0. The summed E-state index contributed by atoms with van der Waals surface area (Å²) < 4.78 is 0. The zero-order valence-corrected chi connectivity index (χ0v) is 11.0. The number of hydrogen-bond donors (Lipinski definition) is 2. The average Bonchev–Trinajstić information content (AvgIpc) is 2.36. The van der Waals surface area contributed by atoms with E-state index in [9.17, 15) is 4.79 Å². The molecule has 17 heavy (non-hydrogen) atoms.